The van der Waals surface area contributed by atoms with E-state index in [2.05, 4.69) is 10.0 Å². The number of ether oxygens (including phenoxy) is 17. The maximum Gasteiger partial charge on any atom is 0.303 e. The third kappa shape index (κ3) is 17.7. The predicted molar refractivity (Wildman–Crippen MR) is 239 cm³/mol. The zero-order valence-corrected chi connectivity index (χ0v) is 44.0. The van der Waals surface area contributed by atoms with Crippen LogP contribution in [0.1, 0.15) is 83.1 Å². The summed E-state index contributed by atoms with van der Waals surface area (Å²) in [5, 5.41) is 14.3. The Bertz CT molecular complexity index is 2280. The lowest BCUT2D eigenvalue weighted by Gasteiger charge is -2.51. The molecular formula is C44H60N4O30. The molecule has 0 aromatic heterocycles. The lowest BCUT2D eigenvalue weighted by Crippen LogP contribution is -2.69. The monoisotopic (exact) mass is 1120 g/mol. The first-order chi connectivity index (χ1) is 36.5. The molecule has 0 N–H and O–H groups in total. The molecule has 4 saturated heterocycles. The first-order valence-electron chi connectivity index (χ1n) is 23.6. The summed E-state index contributed by atoms with van der Waals surface area (Å²) in [6.45, 7) is 10.4. The third-order valence-corrected chi connectivity index (χ3v) is 11.2. The van der Waals surface area contributed by atoms with Crippen molar-refractivity contribution >= 4 is 59.7 Å². The Labute approximate surface area is 442 Å². The molecule has 0 spiro atoms. The number of esters is 10. The first-order valence-corrected chi connectivity index (χ1v) is 23.6. The fraction of sp³-hybridized carbons (Fsp3) is 0.773. The van der Waals surface area contributed by atoms with Gasteiger partial charge in [0.25, 0.3) is 5.09 Å². The van der Waals surface area contributed by atoms with Gasteiger partial charge >= 0.3 is 59.7 Å². The summed E-state index contributed by atoms with van der Waals surface area (Å²) >= 11 is 0. The van der Waals surface area contributed by atoms with Crippen molar-refractivity contribution in [3.63, 3.8) is 0 Å². The van der Waals surface area contributed by atoms with E-state index >= 15 is 0 Å². The van der Waals surface area contributed by atoms with Crippen LogP contribution in [0, 0.1) is 10.1 Å². The minimum absolute atomic E-state index is 0.833. The molecular weight excluding hydrogens is 1060 g/mol. The molecule has 4 heterocycles. The summed E-state index contributed by atoms with van der Waals surface area (Å²) in [6, 6.07) is -2.16. The minimum Gasteiger partial charge on any atom is -0.463 e. The fourth-order valence-electron chi connectivity index (χ4n) is 8.65. The highest BCUT2D eigenvalue weighted by Gasteiger charge is 2.61. The first kappa shape index (κ1) is 63.5. The van der Waals surface area contributed by atoms with E-state index in [1.54, 1.807) is 0 Å². The lowest BCUT2D eigenvalue weighted by atomic mass is 9.94. The molecule has 4 aliphatic rings. The topological polar surface area (TPSA) is 429 Å². The van der Waals surface area contributed by atoms with Crippen molar-refractivity contribution in [3.8, 4) is 0 Å². The highest BCUT2D eigenvalue weighted by molar-refractivity contribution is 5.70. The van der Waals surface area contributed by atoms with Gasteiger partial charge in [-0.05, 0) is 19.4 Å². The Morgan fingerprint density at radius 3 is 1.10 bits per heavy atom. The van der Waals surface area contributed by atoms with Gasteiger partial charge < -0.3 is 80.5 Å². The van der Waals surface area contributed by atoms with Crippen LogP contribution in [0.15, 0.2) is 5.11 Å². The maximum atomic E-state index is 13.1. The average Bonchev–Trinajstić information content (AvgIpc) is 3.29. The summed E-state index contributed by atoms with van der Waals surface area (Å²) in [5.41, 5.74) is 9.97. The minimum atomic E-state index is -2.32. The number of carbonyl (C=O) groups excluding carboxylic acids is 10. The van der Waals surface area contributed by atoms with Gasteiger partial charge in [0, 0.05) is 74.1 Å². The second kappa shape index (κ2) is 28.5. The third-order valence-electron chi connectivity index (χ3n) is 11.2. The second-order valence-electron chi connectivity index (χ2n) is 17.5. The van der Waals surface area contributed by atoms with Crippen molar-refractivity contribution in [2.45, 2.75) is 206 Å². The van der Waals surface area contributed by atoms with Crippen molar-refractivity contribution in [1.29, 1.82) is 0 Å². The van der Waals surface area contributed by atoms with Crippen LogP contribution in [-0.4, -0.2) is 201 Å². The van der Waals surface area contributed by atoms with Gasteiger partial charge in [-0.3, -0.25) is 52.8 Å². The van der Waals surface area contributed by atoms with Gasteiger partial charge in [0.2, 0.25) is 6.29 Å². The number of carbonyl (C=O) groups is 10. The molecule has 4 fully saturated rings. The van der Waals surface area contributed by atoms with E-state index in [0.29, 0.717) is 0 Å². The van der Waals surface area contributed by atoms with E-state index in [1.165, 1.54) is 13.8 Å². The van der Waals surface area contributed by atoms with Crippen LogP contribution < -0.4 is 0 Å². The van der Waals surface area contributed by atoms with Gasteiger partial charge in [-0.1, -0.05) is 5.11 Å². The van der Waals surface area contributed by atoms with Crippen LogP contribution in [0.5, 0.6) is 0 Å². The summed E-state index contributed by atoms with van der Waals surface area (Å²) in [5.74, 6) is -10.0. The molecule has 436 valence electrons. The normalized spacial score (nSPS) is 34.3. The van der Waals surface area contributed by atoms with Gasteiger partial charge in [0.05, 0.1) is 12.2 Å². The molecule has 0 aromatic carbocycles. The summed E-state index contributed by atoms with van der Waals surface area (Å²) in [4.78, 5) is 146. The molecule has 34 heteroatoms. The molecule has 20 atom stereocenters. The second-order valence-corrected chi connectivity index (χ2v) is 17.5. The average molecular weight is 1120 g/mol. The van der Waals surface area contributed by atoms with Crippen molar-refractivity contribution in [2.75, 3.05) is 13.2 Å². The molecule has 0 amide bonds. The number of hydrogen-bond acceptors (Lipinski definition) is 31. The molecule has 0 saturated carbocycles. The van der Waals surface area contributed by atoms with Crippen LogP contribution in [0.3, 0.4) is 0 Å². The molecule has 78 heavy (non-hydrogen) atoms. The molecule has 0 aliphatic carbocycles. The summed E-state index contributed by atoms with van der Waals surface area (Å²) in [7, 11) is 0. The van der Waals surface area contributed by atoms with Crippen LogP contribution >= 0.6 is 0 Å². The van der Waals surface area contributed by atoms with E-state index in [1.807, 2.05) is 0 Å². The quantitative estimate of drug-likeness (QED) is 0.0267. The zero-order valence-electron chi connectivity index (χ0n) is 44.0. The maximum absolute atomic E-state index is 13.1. The van der Waals surface area contributed by atoms with E-state index < -0.39 is 201 Å². The molecule has 4 rings (SSSR count). The van der Waals surface area contributed by atoms with Gasteiger partial charge in [-0.2, -0.15) is 0 Å². The highest BCUT2D eigenvalue weighted by atomic mass is 17.0. The van der Waals surface area contributed by atoms with Gasteiger partial charge in [0.1, 0.15) is 43.7 Å². The van der Waals surface area contributed by atoms with E-state index in [9.17, 15) is 63.6 Å². The molecule has 0 bridgehead atoms. The SMILES string of the molecule is CC(=O)OCC1OC(O[N+](=O)[O-])C(N=[N+]=[N-])[C@@H](O[C@@H]2OC(C)C(OC(C)=O)[C@H](OC(C)=O)C2OC(C)=O)C1O[C@@H]1OC(COC(C)=O)C(OC(C)=O)[C@H](OC(C)=O)C1OC1OC(C)[C@@H](OC(C)=O)C(OC(C)=O)[C@H]1OC(C)=O. The Balaban J connectivity index is 2.07. The Morgan fingerprint density at radius 2 is 0.731 bits per heavy atom. The standard InChI is InChI=1S/C44H60N4O30/c1-15-30(65-19(5)51)35(68-22(8)54)38(71-25(11)57)42(63-15)76-34-29(46-47-45)41(78-48(59)60)73-27(13-61-17(3)49)32(34)75-44-40(37(70-24(10)56)33(67-21(7)53)28(74-44)14-62-18(4)50)77-43-39(72-26(12)58)36(69-23(9)55)31(16(2)64-43)66-20(6)52/h15-16,27-44H,13-14H2,1-12H3/t15?,16?,27?,28?,29?,30?,31-,32?,33?,34-,35+,36?,37+,38?,39-,40?,41?,42+,43?,44+/m1/s1. The largest absolute Gasteiger partial charge is 0.463 e. The van der Waals surface area contributed by atoms with Crippen LogP contribution in [0.4, 0.5) is 0 Å². The van der Waals surface area contributed by atoms with Crippen molar-refractivity contribution in [1.82, 2.24) is 0 Å². The van der Waals surface area contributed by atoms with E-state index in [0.717, 1.165) is 69.2 Å². The van der Waals surface area contributed by atoms with E-state index in [4.69, 9.17) is 85.4 Å². The predicted octanol–water partition coefficient (Wildman–Crippen LogP) is -0.452. The van der Waals surface area contributed by atoms with Crippen molar-refractivity contribution in [3.05, 3.63) is 20.6 Å². The van der Waals surface area contributed by atoms with Crippen LogP contribution in [0.25, 0.3) is 10.4 Å². The number of hydrogen-bond donors (Lipinski definition) is 0. The Kier molecular flexibility index (Phi) is 23.2. The Hall–Kier alpha value is -7.07. The van der Waals surface area contributed by atoms with Crippen LogP contribution in [-0.2, 0) is 133 Å². The molecule has 4 aliphatic heterocycles. The zero-order chi connectivity index (χ0) is 58.5. The summed E-state index contributed by atoms with van der Waals surface area (Å²) in [6.07, 6.45) is -35.8. The smallest absolute Gasteiger partial charge is 0.303 e. The van der Waals surface area contributed by atoms with Gasteiger partial charge in [-0.15, -0.1) is 10.1 Å². The fourth-order valence-corrected chi connectivity index (χ4v) is 8.65. The Morgan fingerprint density at radius 1 is 0.423 bits per heavy atom. The lowest BCUT2D eigenvalue weighted by molar-refractivity contribution is -0.783. The van der Waals surface area contributed by atoms with Crippen molar-refractivity contribution in [2.24, 2.45) is 5.11 Å². The van der Waals surface area contributed by atoms with Crippen molar-refractivity contribution < 1.29 is 138 Å². The van der Waals surface area contributed by atoms with Crippen LogP contribution in [0.2, 0.25) is 0 Å². The van der Waals surface area contributed by atoms with Gasteiger partial charge in [-0.25, -0.2) is 0 Å². The number of rotatable bonds is 21. The van der Waals surface area contributed by atoms with E-state index in [-0.39, 0.29) is 0 Å². The number of azide groups is 1. The highest BCUT2D eigenvalue weighted by Crippen LogP contribution is 2.40. The number of nitrogens with zero attached hydrogens (tertiary/aromatic N) is 4. The molecule has 0 radical (unpaired) electrons. The summed E-state index contributed by atoms with van der Waals surface area (Å²) < 4.78 is 98.7. The molecule has 0 aromatic rings. The molecule has 13 unspecified atom stereocenters. The van der Waals surface area contributed by atoms with Gasteiger partial charge in [0.15, 0.2) is 73.8 Å². The molecule has 34 nitrogen and oxygen atoms in total.